The first-order valence-corrected chi connectivity index (χ1v) is 22.6. The second kappa shape index (κ2) is 27.6. The summed E-state index contributed by atoms with van der Waals surface area (Å²) in [6.07, 6.45) is 10.3. The second-order valence-electron chi connectivity index (χ2n) is 16.7. The van der Waals surface area contributed by atoms with E-state index in [0.29, 0.717) is 51.4 Å². The van der Waals surface area contributed by atoms with Gasteiger partial charge in [-0.3, -0.25) is 38.4 Å². The molecule has 0 radical (unpaired) electrons. The fourth-order valence-electron chi connectivity index (χ4n) is 7.04. The van der Waals surface area contributed by atoms with Crippen molar-refractivity contribution in [2.75, 3.05) is 28.2 Å². The lowest BCUT2D eigenvalue weighted by molar-refractivity contribution is -0.147. The van der Waals surface area contributed by atoms with Gasteiger partial charge in [-0.15, -0.1) is 0 Å². The van der Waals surface area contributed by atoms with Crippen LogP contribution in [-0.2, 0) is 38.4 Å². The van der Waals surface area contributed by atoms with E-state index in [2.05, 4.69) is 21.3 Å². The van der Waals surface area contributed by atoms with Crippen molar-refractivity contribution in [1.82, 2.24) is 40.9 Å². The highest BCUT2D eigenvalue weighted by Gasteiger charge is 2.38. The number of nitrogens with one attached hydrogen (secondary N) is 4. The van der Waals surface area contributed by atoms with E-state index < -0.39 is 95.6 Å². The monoisotopic (exact) mass is 849 g/mol. The molecule has 16 nitrogen and oxygen atoms in total. The summed E-state index contributed by atoms with van der Waals surface area (Å²) in [4.78, 5) is 117. The maximum Gasteiger partial charge on any atom is 0.245 e. The van der Waals surface area contributed by atoms with Crippen LogP contribution < -0.4 is 21.3 Å². The van der Waals surface area contributed by atoms with Crippen molar-refractivity contribution in [2.24, 2.45) is 0 Å². The third kappa shape index (κ3) is 16.3. The Morgan fingerprint density at radius 1 is 0.333 bits per heavy atom. The van der Waals surface area contributed by atoms with Gasteiger partial charge >= 0.3 is 0 Å². The van der Waals surface area contributed by atoms with E-state index in [9.17, 15) is 38.4 Å². The first kappa shape index (κ1) is 53.8. The standard InChI is InChI=1S/C44H80N8O8/c1-13-17-21-25-33-41(57)49(9)30(6)38(54)46-35(27-23-19-15-3)43(59)51(11)32(8)40(56)48-36(28-24-20-16-4)44(60)52(12)31(7)39(55)47-34(26-22-18-14-2)42(58)50(10)29(5)37(53)45-33/h29-36H,13-28H2,1-12H3,(H,45,53)(H,46,54)(H,47,55)(H,48,56)/t29-,30-,31-,32-,33+,34+,35+,36+/m1/s1. The summed E-state index contributed by atoms with van der Waals surface area (Å²) in [5.41, 5.74) is 0. The summed E-state index contributed by atoms with van der Waals surface area (Å²) < 4.78 is 0. The van der Waals surface area contributed by atoms with Crippen LogP contribution in [0.1, 0.15) is 158 Å². The molecule has 344 valence electrons. The van der Waals surface area contributed by atoms with Gasteiger partial charge in [0.2, 0.25) is 47.3 Å². The van der Waals surface area contributed by atoms with Crippen molar-refractivity contribution in [3.8, 4) is 0 Å². The summed E-state index contributed by atoms with van der Waals surface area (Å²) in [5, 5.41) is 11.4. The first-order valence-electron chi connectivity index (χ1n) is 22.6. The lowest BCUT2D eigenvalue weighted by Crippen LogP contribution is -2.60. The molecule has 1 aliphatic heterocycles. The Balaban J connectivity index is 3.81. The van der Waals surface area contributed by atoms with Crippen LogP contribution in [-0.4, -0.2) is 143 Å². The molecule has 1 fully saturated rings. The molecule has 8 atom stereocenters. The first-order chi connectivity index (χ1) is 28.3. The van der Waals surface area contributed by atoms with Crippen LogP contribution in [0.25, 0.3) is 0 Å². The third-order valence-electron chi connectivity index (χ3n) is 12.1. The molecule has 1 saturated heterocycles. The Morgan fingerprint density at radius 3 is 0.650 bits per heavy atom. The summed E-state index contributed by atoms with van der Waals surface area (Å²) in [6, 6.07) is -8.18. The van der Waals surface area contributed by atoms with Crippen molar-refractivity contribution in [1.29, 1.82) is 0 Å². The van der Waals surface area contributed by atoms with E-state index >= 15 is 0 Å². The highest BCUT2D eigenvalue weighted by atomic mass is 16.2. The van der Waals surface area contributed by atoms with Gasteiger partial charge < -0.3 is 40.9 Å². The Labute approximate surface area is 360 Å². The molecule has 60 heavy (non-hydrogen) atoms. The molecule has 0 unspecified atom stereocenters. The molecule has 0 saturated carbocycles. The molecule has 0 aliphatic carbocycles. The van der Waals surface area contributed by atoms with Crippen molar-refractivity contribution >= 4 is 47.3 Å². The largest absolute Gasteiger partial charge is 0.343 e. The van der Waals surface area contributed by atoms with E-state index in [-0.39, 0.29) is 0 Å². The van der Waals surface area contributed by atoms with Gasteiger partial charge in [-0.25, -0.2) is 0 Å². The van der Waals surface area contributed by atoms with Gasteiger partial charge in [0.1, 0.15) is 48.3 Å². The summed E-state index contributed by atoms with van der Waals surface area (Å²) in [5.74, 6) is -4.30. The van der Waals surface area contributed by atoms with Crippen molar-refractivity contribution < 1.29 is 38.4 Å². The molecule has 8 amide bonds. The minimum absolute atomic E-state index is 0.295. The molecule has 0 aromatic carbocycles. The van der Waals surface area contributed by atoms with Gasteiger partial charge in [-0.2, -0.15) is 0 Å². The molecule has 0 bridgehead atoms. The number of hydrogen-bond donors (Lipinski definition) is 4. The zero-order chi connectivity index (χ0) is 45.7. The number of rotatable bonds is 16. The molecular weight excluding hydrogens is 769 g/mol. The van der Waals surface area contributed by atoms with Crippen LogP contribution in [0.5, 0.6) is 0 Å². The van der Waals surface area contributed by atoms with Crippen LogP contribution in [0.2, 0.25) is 0 Å². The highest BCUT2D eigenvalue weighted by molar-refractivity contribution is 5.98. The summed E-state index contributed by atoms with van der Waals surface area (Å²) >= 11 is 0. The molecule has 1 heterocycles. The van der Waals surface area contributed by atoms with Gasteiger partial charge in [-0.05, 0) is 53.4 Å². The Hall–Kier alpha value is -4.24. The van der Waals surface area contributed by atoms with Gasteiger partial charge in [0.25, 0.3) is 0 Å². The lowest BCUT2D eigenvalue weighted by Gasteiger charge is -2.34. The zero-order valence-electron chi connectivity index (χ0n) is 39.0. The third-order valence-corrected chi connectivity index (χ3v) is 12.1. The lowest BCUT2D eigenvalue weighted by atomic mass is 10.0. The quantitative estimate of drug-likeness (QED) is 0.169. The van der Waals surface area contributed by atoms with E-state index in [1.165, 1.54) is 47.8 Å². The Bertz CT molecular complexity index is 1220. The minimum Gasteiger partial charge on any atom is -0.343 e. The van der Waals surface area contributed by atoms with Crippen molar-refractivity contribution in [3.05, 3.63) is 0 Å². The molecule has 0 aromatic rings. The van der Waals surface area contributed by atoms with Crippen LogP contribution >= 0.6 is 0 Å². The summed E-state index contributed by atoms with van der Waals surface area (Å²) in [7, 11) is 5.89. The van der Waals surface area contributed by atoms with Gasteiger partial charge in [0.15, 0.2) is 0 Å². The number of hydrogen-bond acceptors (Lipinski definition) is 8. The average molecular weight is 849 g/mol. The van der Waals surface area contributed by atoms with Gasteiger partial charge in [0.05, 0.1) is 0 Å². The molecule has 4 N–H and O–H groups in total. The summed E-state index contributed by atoms with van der Waals surface area (Å²) in [6.45, 7) is 14.3. The number of carbonyl (C=O) groups excluding carboxylic acids is 8. The number of nitrogens with zero attached hydrogens (tertiary/aromatic N) is 4. The second-order valence-corrected chi connectivity index (χ2v) is 16.7. The van der Waals surface area contributed by atoms with E-state index in [0.717, 1.165) is 51.4 Å². The fourth-order valence-corrected chi connectivity index (χ4v) is 7.04. The number of unbranched alkanes of at least 4 members (excludes halogenated alkanes) is 8. The van der Waals surface area contributed by atoms with E-state index in [4.69, 9.17) is 0 Å². The molecular formula is C44H80N8O8. The van der Waals surface area contributed by atoms with E-state index in [1.807, 2.05) is 27.7 Å². The molecule has 1 aliphatic rings. The SMILES string of the molecule is CCCCC[C@@H]1NC(=O)[C@@H](C)N(C)C(=O)[C@H](CCCCC)NC(=O)[C@@H](C)N(C)C(=O)[C@H](CCCCC)NC(=O)[C@@H](C)N(C)C(=O)[C@H](CCCCC)NC(=O)[C@@H](C)N(C)C1=O. The predicted octanol–water partition coefficient (Wildman–Crippen LogP) is 3.65. The number of carbonyl (C=O) groups is 8. The Morgan fingerprint density at radius 2 is 0.500 bits per heavy atom. The average Bonchev–Trinajstić information content (AvgIpc) is 3.23. The van der Waals surface area contributed by atoms with Crippen LogP contribution in [0, 0.1) is 0 Å². The fraction of sp³-hybridized carbons (Fsp3) is 0.818. The van der Waals surface area contributed by atoms with Gasteiger partial charge in [0, 0.05) is 28.2 Å². The maximum atomic E-state index is 14.1. The number of likely N-dealkylation sites (N-methyl/N-ethyl adjacent to an activating group) is 4. The highest BCUT2D eigenvalue weighted by Crippen LogP contribution is 2.16. The van der Waals surface area contributed by atoms with Crippen LogP contribution in [0.3, 0.4) is 0 Å². The zero-order valence-corrected chi connectivity index (χ0v) is 39.0. The van der Waals surface area contributed by atoms with Crippen LogP contribution in [0.15, 0.2) is 0 Å². The minimum atomic E-state index is -1.04. The Kier molecular flexibility index (Phi) is 24.7. The molecule has 0 spiro atoms. The van der Waals surface area contributed by atoms with E-state index in [1.54, 1.807) is 27.7 Å². The maximum absolute atomic E-state index is 14.1. The molecule has 1 rings (SSSR count). The molecule has 0 aromatic heterocycles. The van der Waals surface area contributed by atoms with Gasteiger partial charge in [-0.1, -0.05) is 105 Å². The normalized spacial score (nSPS) is 26.7. The van der Waals surface area contributed by atoms with Crippen LogP contribution in [0.4, 0.5) is 0 Å². The topological polar surface area (TPSA) is 198 Å². The predicted molar refractivity (Wildman–Crippen MR) is 233 cm³/mol. The van der Waals surface area contributed by atoms with Crippen molar-refractivity contribution in [2.45, 2.75) is 206 Å². The molecule has 16 heteroatoms. The number of amides is 8. The van der Waals surface area contributed by atoms with Crippen molar-refractivity contribution in [3.63, 3.8) is 0 Å². The smallest absolute Gasteiger partial charge is 0.245 e.